The van der Waals surface area contributed by atoms with Gasteiger partial charge in [-0.3, -0.25) is 0 Å². The van der Waals surface area contributed by atoms with Crippen LogP contribution in [0.5, 0.6) is 5.75 Å². The molecule has 108 valence electrons. The smallest absolute Gasteiger partial charge is 0.165 e. The first-order valence-corrected chi connectivity index (χ1v) is 8.11. The van der Waals surface area contributed by atoms with Gasteiger partial charge in [-0.1, -0.05) is 0 Å². The molecular weight excluding hydrogens is 307 g/mol. The van der Waals surface area contributed by atoms with Crippen LogP contribution >= 0.6 is 22.7 Å². The molecule has 0 amide bonds. The fraction of sp³-hybridized carbons (Fsp3) is 0.200. The van der Waals surface area contributed by atoms with Crippen LogP contribution in [0.4, 0.5) is 4.39 Å². The van der Waals surface area contributed by atoms with Crippen molar-refractivity contribution in [2.24, 2.45) is 0 Å². The second kappa shape index (κ2) is 5.91. The van der Waals surface area contributed by atoms with Gasteiger partial charge in [-0.2, -0.15) is 0 Å². The summed E-state index contributed by atoms with van der Waals surface area (Å²) in [7, 11) is 1.45. The lowest BCUT2D eigenvalue weighted by atomic mass is 10.1. The van der Waals surface area contributed by atoms with Crippen molar-refractivity contribution < 1.29 is 9.13 Å². The van der Waals surface area contributed by atoms with Crippen LogP contribution in [0.25, 0.3) is 11.3 Å². The molecule has 3 nitrogen and oxygen atoms in total. The average Bonchev–Trinajstić information content (AvgIpc) is 3.08. The molecule has 0 saturated heterocycles. The molecular formula is C15H13FN2OS2. The van der Waals surface area contributed by atoms with E-state index in [1.54, 1.807) is 28.7 Å². The summed E-state index contributed by atoms with van der Waals surface area (Å²) in [5.41, 5.74) is 2.56. The number of rotatable bonds is 4. The minimum absolute atomic E-state index is 0.243. The van der Waals surface area contributed by atoms with Crippen molar-refractivity contribution in [1.82, 2.24) is 9.97 Å². The number of halogens is 1. The zero-order valence-electron chi connectivity index (χ0n) is 11.6. The molecule has 2 heterocycles. The molecule has 6 heteroatoms. The van der Waals surface area contributed by atoms with Gasteiger partial charge in [0, 0.05) is 22.7 Å². The minimum atomic E-state index is -0.375. The van der Waals surface area contributed by atoms with Crippen LogP contribution in [0, 0.1) is 12.7 Å². The number of thiazole rings is 2. The topological polar surface area (TPSA) is 35.0 Å². The predicted octanol–water partition coefficient (Wildman–Crippen LogP) is 4.31. The third-order valence-electron chi connectivity index (χ3n) is 3.00. The van der Waals surface area contributed by atoms with Gasteiger partial charge >= 0.3 is 0 Å². The summed E-state index contributed by atoms with van der Waals surface area (Å²) in [4.78, 5) is 8.99. The Bertz CT molecular complexity index is 767. The number of methoxy groups -OCH3 is 1. The molecule has 0 aliphatic rings. The number of benzene rings is 1. The minimum Gasteiger partial charge on any atom is -0.494 e. The van der Waals surface area contributed by atoms with Crippen molar-refractivity contribution in [3.63, 3.8) is 0 Å². The van der Waals surface area contributed by atoms with Gasteiger partial charge in [-0.25, -0.2) is 14.4 Å². The second-order valence-corrected chi connectivity index (χ2v) is 6.52. The van der Waals surface area contributed by atoms with E-state index in [2.05, 4.69) is 9.97 Å². The Kier molecular flexibility index (Phi) is 3.98. The van der Waals surface area contributed by atoms with Gasteiger partial charge in [-0.15, -0.1) is 22.7 Å². The standard InChI is InChI=1S/C15H13FN2OS2/c1-9-17-11(7-20-9)6-15-18-13(8-21-15)10-3-4-14(19-2)12(16)5-10/h3-5,7-8H,6H2,1-2H3. The monoisotopic (exact) mass is 320 g/mol. The molecule has 0 aliphatic carbocycles. The molecule has 0 spiro atoms. The quantitative estimate of drug-likeness (QED) is 0.718. The van der Waals surface area contributed by atoms with E-state index < -0.39 is 0 Å². The fourth-order valence-electron chi connectivity index (χ4n) is 1.99. The summed E-state index contributed by atoms with van der Waals surface area (Å²) in [5, 5.41) is 6.02. The van der Waals surface area contributed by atoms with E-state index in [0.717, 1.165) is 27.0 Å². The van der Waals surface area contributed by atoms with Crippen molar-refractivity contribution in [1.29, 1.82) is 0 Å². The number of aromatic nitrogens is 2. The fourth-order valence-corrected chi connectivity index (χ4v) is 3.43. The third kappa shape index (κ3) is 3.11. The summed E-state index contributed by atoms with van der Waals surface area (Å²) in [5.74, 6) is -0.133. The molecule has 2 aromatic heterocycles. The molecule has 0 atom stereocenters. The normalized spacial score (nSPS) is 10.8. The van der Waals surface area contributed by atoms with Crippen LogP contribution in [0.3, 0.4) is 0 Å². The maximum Gasteiger partial charge on any atom is 0.165 e. The SMILES string of the molecule is COc1ccc(-c2csc(Cc3csc(C)n3)n2)cc1F. The molecule has 1 aromatic carbocycles. The number of hydrogen-bond acceptors (Lipinski definition) is 5. The van der Waals surface area contributed by atoms with E-state index in [1.807, 2.05) is 23.8 Å². The largest absolute Gasteiger partial charge is 0.494 e. The zero-order valence-corrected chi connectivity index (χ0v) is 13.2. The molecule has 3 aromatic rings. The molecule has 0 bridgehead atoms. The predicted molar refractivity (Wildman–Crippen MR) is 83.7 cm³/mol. The Morgan fingerprint density at radius 3 is 2.71 bits per heavy atom. The van der Waals surface area contributed by atoms with Gasteiger partial charge < -0.3 is 4.74 Å². The Morgan fingerprint density at radius 2 is 2.05 bits per heavy atom. The van der Waals surface area contributed by atoms with Crippen LogP contribution in [0.2, 0.25) is 0 Å². The van der Waals surface area contributed by atoms with Gasteiger partial charge in [0.25, 0.3) is 0 Å². The van der Waals surface area contributed by atoms with Gasteiger partial charge in [-0.05, 0) is 25.1 Å². The lowest BCUT2D eigenvalue weighted by molar-refractivity contribution is 0.386. The first kappa shape index (κ1) is 14.2. The van der Waals surface area contributed by atoms with E-state index in [1.165, 1.54) is 13.2 Å². The lowest BCUT2D eigenvalue weighted by Gasteiger charge is -2.02. The van der Waals surface area contributed by atoms with E-state index in [0.29, 0.717) is 6.42 Å². The van der Waals surface area contributed by atoms with Gasteiger partial charge in [0.2, 0.25) is 0 Å². The summed E-state index contributed by atoms with van der Waals surface area (Å²) >= 11 is 3.20. The van der Waals surface area contributed by atoms with Crippen LogP contribution in [-0.2, 0) is 6.42 Å². The van der Waals surface area contributed by atoms with Crippen LogP contribution < -0.4 is 4.74 Å². The highest BCUT2D eigenvalue weighted by Gasteiger charge is 2.10. The molecule has 21 heavy (non-hydrogen) atoms. The van der Waals surface area contributed by atoms with Crippen LogP contribution in [0.15, 0.2) is 29.0 Å². The first-order valence-electron chi connectivity index (χ1n) is 6.35. The summed E-state index contributed by atoms with van der Waals surface area (Å²) < 4.78 is 18.7. The van der Waals surface area contributed by atoms with Gasteiger partial charge in [0.1, 0.15) is 0 Å². The van der Waals surface area contributed by atoms with Crippen LogP contribution in [-0.4, -0.2) is 17.1 Å². The van der Waals surface area contributed by atoms with E-state index in [4.69, 9.17) is 4.74 Å². The van der Waals surface area contributed by atoms with Crippen LogP contribution in [0.1, 0.15) is 15.7 Å². The second-order valence-electron chi connectivity index (χ2n) is 4.51. The van der Waals surface area contributed by atoms with E-state index in [9.17, 15) is 4.39 Å². The molecule has 0 N–H and O–H groups in total. The Balaban J connectivity index is 1.82. The maximum absolute atomic E-state index is 13.7. The van der Waals surface area contributed by atoms with E-state index in [-0.39, 0.29) is 11.6 Å². The number of nitrogens with zero attached hydrogens (tertiary/aromatic N) is 2. The van der Waals surface area contributed by atoms with E-state index >= 15 is 0 Å². The molecule has 0 aliphatic heterocycles. The molecule has 0 saturated carbocycles. The number of hydrogen-bond donors (Lipinski definition) is 0. The van der Waals surface area contributed by atoms with Crippen molar-refractivity contribution >= 4 is 22.7 Å². The summed E-state index contributed by atoms with van der Waals surface area (Å²) in [6.45, 7) is 1.99. The van der Waals surface area contributed by atoms with Crippen molar-refractivity contribution in [3.8, 4) is 17.0 Å². The Morgan fingerprint density at radius 1 is 1.19 bits per heavy atom. The Hall–Kier alpha value is -1.79. The highest BCUT2D eigenvalue weighted by molar-refractivity contribution is 7.10. The molecule has 0 fully saturated rings. The Labute approximate surface area is 130 Å². The number of aryl methyl sites for hydroxylation is 1. The highest BCUT2D eigenvalue weighted by Crippen LogP contribution is 2.27. The summed E-state index contributed by atoms with van der Waals surface area (Å²) in [6.07, 6.45) is 0.716. The average molecular weight is 320 g/mol. The first-order chi connectivity index (χ1) is 10.2. The molecule has 0 radical (unpaired) electrons. The molecule has 0 unspecified atom stereocenters. The van der Waals surface area contributed by atoms with Crippen molar-refractivity contribution in [2.45, 2.75) is 13.3 Å². The number of ether oxygens (including phenoxy) is 1. The lowest BCUT2D eigenvalue weighted by Crippen LogP contribution is -1.90. The highest BCUT2D eigenvalue weighted by atomic mass is 32.1. The zero-order chi connectivity index (χ0) is 14.8. The van der Waals surface area contributed by atoms with Crippen molar-refractivity contribution in [3.05, 3.63) is 50.5 Å². The molecule has 3 rings (SSSR count). The van der Waals surface area contributed by atoms with Crippen molar-refractivity contribution in [2.75, 3.05) is 7.11 Å². The van der Waals surface area contributed by atoms with Gasteiger partial charge in [0.05, 0.1) is 28.5 Å². The van der Waals surface area contributed by atoms with Gasteiger partial charge in [0.15, 0.2) is 11.6 Å². The maximum atomic E-state index is 13.7. The third-order valence-corrected chi connectivity index (χ3v) is 4.67. The summed E-state index contributed by atoms with van der Waals surface area (Å²) in [6, 6.07) is 4.88.